The molecule has 4 N–H and O–H groups in total. The summed E-state index contributed by atoms with van der Waals surface area (Å²) in [4.78, 5) is 0. The first-order chi connectivity index (χ1) is 14.8. The van der Waals surface area contributed by atoms with Crippen LogP contribution in [-0.2, 0) is 0 Å². The summed E-state index contributed by atoms with van der Waals surface area (Å²) in [6.07, 6.45) is 7.55. The molecule has 10 atom stereocenters. The summed E-state index contributed by atoms with van der Waals surface area (Å²) in [6.45, 7) is 14.6. The molecule has 0 aliphatic heterocycles. The minimum atomic E-state index is -1.36. The molecule has 4 nitrogen and oxygen atoms in total. The van der Waals surface area contributed by atoms with Crippen LogP contribution < -0.4 is 0 Å². The summed E-state index contributed by atoms with van der Waals surface area (Å²) < 4.78 is 0. The summed E-state index contributed by atoms with van der Waals surface area (Å²) in [5, 5.41) is 44.3. The van der Waals surface area contributed by atoms with Crippen LogP contribution in [0.4, 0.5) is 0 Å². The molecule has 0 aromatic heterocycles. The number of aliphatic hydroxyl groups is 4. The third-order valence-electron chi connectivity index (χ3n) is 10.7. The Morgan fingerprint density at radius 3 is 2.53 bits per heavy atom. The molecule has 0 unspecified atom stereocenters. The number of fused-ring (bicyclic) bond motifs is 5. The van der Waals surface area contributed by atoms with Crippen LogP contribution in [0.25, 0.3) is 0 Å². The first kappa shape index (κ1) is 24.4. The maximum Gasteiger partial charge on any atom is 0.0938 e. The largest absolute Gasteiger partial charge is 0.393 e. The van der Waals surface area contributed by atoms with Crippen molar-refractivity contribution in [1.29, 1.82) is 0 Å². The molecule has 0 saturated heterocycles. The van der Waals surface area contributed by atoms with E-state index in [1.54, 1.807) is 6.92 Å². The summed E-state index contributed by atoms with van der Waals surface area (Å²) >= 11 is 0. The second-order valence-electron chi connectivity index (χ2n) is 12.7. The predicted molar refractivity (Wildman–Crippen MR) is 128 cm³/mol. The van der Waals surface area contributed by atoms with Gasteiger partial charge >= 0.3 is 0 Å². The van der Waals surface area contributed by atoms with Gasteiger partial charge in [-0.2, -0.15) is 0 Å². The van der Waals surface area contributed by atoms with Crippen molar-refractivity contribution >= 4 is 0 Å². The molecule has 3 saturated carbocycles. The highest BCUT2D eigenvalue weighted by atomic mass is 16.3. The van der Waals surface area contributed by atoms with Crippen molar-refractivity contribution in [3.05, 3.63) is 23.8 Å². The van der Waals surface area contributed by atoms with Crippen molar-refractivity contribution in [2.45, 2.75) is 110 Å². The van der Waals surface area contributed by atoms with E-state index in [0.717, 1.165) is 44.1 Å². The van der Waals surface area contributed by atoms with Crippen molar-refractivity contribution in [2.75, 3.05) is 0 Å². The molecule has 3 fully saturated rings. The van der Waals surface area contributed by atoms with E-state index < -0.39 is 17.8 Å². The van der Waals surface area contributed by atoms with Gasteiger partial charge in [0.05, 0.1) is 23.9 Å². The van der Waals surface area contributed by atoms with E-state index in [2.05, 4.69) is 40.3 Å². The number of aliphatic hydroxyl groups excluding tert-OH is 3. The summed E-state index contributed by atoms with van der Waals surface area (Å²) in [6, 6.07) is 0. The van der Waals surface area contributed by atoms with Gasteiger partial charge in [-0.1, -0.05) is 51.5 Å². The predicted octanol–water partition coefficient (Wildman–Crippen LogP) is 4.61. The van der Waals surface area contributed by atoms with Crippen molar-refractivity contribution in [3.8, 4) is 0 Å². The van der Waals surface area contributed by atoms with Crippen LogP contribution in [0.5, 0.6) is 0 Å². The fourth-order valence-electron chi connectivity index (χ4n) is 8.61. The van der Waals surface area contributed by atoms with Crippen LogP contribution in [0, 0.1) is 40.4 Å². The molecule has 4 rings (SSSR count). The van der Waals surface area contributed by atoms with Gasteiger partial charge in [0.25, 0.3) is 0 Å². The molecule has 0 bridgehead atoms. The molecule has 0 spiro atoms. The minimum Gasteiger partial charge on any atom is -0.393 e. The van der Waals surface area contributed by atoms with Crippen LogP contribution >= 0.6 is 0 Å². The van der Waals surface area contributed by atoms with Gasteiger partial charge in [-0.15, -0.1) is 0 Å². The molecule has 0 aromatic carbocycles. The molecule has 0 aromatic rings. The lowest BCUT2D eigenvalue weighted by Gasteiger charge is -2.59. The highest BCUT2D eigenvalue weighted by molar-refractivity contribution is 5.26. The standard InChI is InChI=1S/C28H46O4/c1-16(2)17(3)13-24(31)28(6,32)25-23(30)15-22-20-8-7-18-14-19(29)9-11-26(18,4)21(20)10-12-27(22,25)5/h7,16,19-25,29-32H,3,8-15H2,1-2,4-6H3/t19-,20-,21+,22+,23+,24+,25+,26+,27+,28+/m1/s1. The fraction of sp³-hybridized carbons (Fsp3) is 0.857. The zero-order chi connectivity index (χ0) is 23.6. The molecule has 4 aliphatic rings. The Bertz CT molecular complexity index is 769. The van der Waals surface area contributed by atoms with Gasteiger partial charge in [-0.25, -0.2) is 0 Å². The van der Waals surface area contributed by atoms with Gasteiger partial charge in [0.15, 0.2) is 0 Å². The van der Waals surface area contributed by atoms with Crippen LogP contribution in [0.1, 0.15) is 86.0 Å². The maximum atomic E-state index is 11.7. The number of hydrogen-bond acceptors (Lipinski definition) is 4. The van der Waals surface area contributed by atoms with E-state index in [0.29, 0.717) is 30.6 Å². The quantitative estimate of drug-likeness (QED) is 0.465. The minimum absolute atomic E-state index is 0.156. The molecule has 4 aliphatic carbocycles. The highest BCUT2D eigenvalue weighted by Gasteiger charge is 2.65. The summed E-state index contributed by atoms with van der Waals surface area (Å²) in [5.41, 5.74) is 0.991. The van der Waals surface area contributed by atoms with Gasteiger partial charge < -0.3 is 20.4 Å². The lowest BCUT2D eigenvalue weighted by molar-refractivity contribution is -0.166. The lowest BCUT2D eigenvalue weighted by atomic mass is 9.46. The van der Waals surface area contributed by atoms with Gasteiger partial charge in [0, 0.05) is 5.92 Å². The Hall–Kier alpha value is -0.680. The molecular weight excluding hydrogens is 400 g/mol. The third kappa shape index (κ3) is 3.65. The van der Waals surface area contributed by atoms with Gasteiger partial charge in [0.2, 0.25) is 0 Å². The van der Waals surface area contributed by atoms with Crippen molar-refractivity contribution in [1.82, 2.24) is 0 Å². The second kappa shape index (κ2) is 8.22. The van der Waals surface area contributed by atoms with Gasteiger partial charge in [-0.05, 0) is 92.8 Å². The third-order valence-corrected chi connectivity index (χ3v) is 10.7. The van der Waals surface area contributed by atoms with Gasteiger partial charge in [0.1, 0.15) is 0 Å². The van der Waals surface area contributed by atoms with Crippen molar-refractivity contribution in [2.24, 2.45) is 40.4 Å². The zero-order valence-corrected chi connectivity index (χ0v) is 20.8. The van der Waals surface area contributed by atoms with E-state index in [4.69, 9.17) is 0 Å². The van der Waals surface area contributed by atoms with Crippen molar-refractivity contribution < 1.29 is 20.4 Å². The first-order valence-electron chi connectivity index (χ1n) is 13.0. The van der Waals surface area contributed by atoms with Crippen molar-refractivity contribution in [3.63, 3.8) is 0 Å². The Labute approximate surface area is 194 Å². The molecule has 32 heavy (non-hydrogen) atoms. The smallest absolute Gasteiger partial charge is 0.0938 e. The van der Waals surface area contributed by atoms with Gasteiger partial charge in [-0.3, -0.25) is 0 Å². The van der Waals surface area contributed by atoms with Crippen LogP contribution in [-0.4, -0.2) is 44.3 Å². The van der Waals surface area contributed by atoms with E-state index in [1.165, 1.54) is 5.57 Å². The Kier molecular flexibility index (Phi) is 6.28. The molecule has 0 amide bonds. The molecular formula is C28H46O4. The van der Waals surface area contributed by atoms with E-state index in [-0.39, 0.29) is 28.8 Å². The fourth-order valence-corrected chi connectivity index (χ4v) is 8.61. The average Bonchev–Trinajstić information content (AvgIpc) is 2.98. The SMILES string of the molecule is C=C(C[C@H](O)[C@](C)(O)[C@H]1[C@@H](O)C[C@H]2[C@@H]3CC=C4C[C@H](O)CC[C@]4(C)[C@H]3CC[C@]12C)C(C)C. The molecule has 182 valence electrons. The Morgan fingerprint density at radius 1 is 1.19 bits per heavy atom. The normalized spacial score (nSPS) is 46.5. The number of rotatable bonds is 5. The summed E-state index contributed by atoms with van der Waals surface area (Å²) in [7, 11) is 0. The summed E-state index contributed by atoms with van der Waals surface area (Å²) in [5.74, 6) is 1.33. The Morgan fingerprint density at radius 2 is 1.88 bits per heavy atom. The molecule has 0 radical (unpaired) electrons. The second-order valence-corrected chi connectivity index (χ2v) is 12.7. The van der Waals surface area contributed by atoms with Crippen LogP contribution in [0.3, 0.4) is 0 Å². The zero-order valence-electron chi connectivity index (χ0n) is 20.8. The molecule has 4 heteroatoms. The average molecular weight is 447 g/mol. The van der Waals surface area contributed by atoms with Crippen LogP contribution in [0.2, 0.25) is 0 Å². The van der Waals surface area contributed by atoms with E-state index in [9.17, 15) is 20.4 Å². The number of allylic oxidation sites excluding steroid dienone is 1. The first-order valence-corrected chi connectivity index (χ1v) is 13.0. The maximum absolute atomic E-state index is 11.7. The van der Waals surface area contributed by atoms with Crippen LogP contribution in [0.15, 0.2) is 23.8 Å². The highest BCUT2D eigenvalue weighted by Crippen LogP contribution is 2.67. The molecule has 0 heterocycles. The monoisotopic (exact) mass is 446 g/mol. The topological polar surface area (TPSA) is 80.9 Å². The van der Waals surface area contributed by atoms with E-state index >= 15 is 0 Å². The lowest BCUT2D eigenvalue weighted by Crippen LogP contribution is -2.57. The van der Waals surface area contributed by atoms with E-state index in [1.807, 2.05) is 0 Å². The number of hydrogen-bond donors (Lipinski definition) is 4. The Balaban J connectivity index is 1.61.